The van der Waals surface area contributed by atoms with E-state index < -0.39 is 22.3 Å². The van der Waals surface area contributed by atoms with Gasteiger partial charge in [0.25, 0.3) is 10.2 Å². The smallest absolute Gasteiger partial charge is 0.404 e. The van der Waals surface area contributed by atoms with Crippen LogP contribution in [0.2, 0.25) is 0 Å². The minimum atomic E-state index is -3.77. The van der Waals surface area contributed by atoms with E-state index in [0.717, 1.165) is 4.31 Å². The summed E-state index contributed by atoms with van der Waals surface area (Å²) in [6, 6.07) is 0. The van der Waals surface area contributed by atoms with Crippen molar-refractivity contribution < 1.29 is 27.9 Å². The van der Waals surface area contributed by atoms with Gasteiger partial charge < -0.3 is 15.6 Å². The molecule has 0 saturated carbocycles. The summed E-state index contributed by atoms with van der Waals surface area (Å²) in [5.41, 5.74) is 4.67. The molecule has 0 rings (SSSR count). The summed E-state index contributed by atoms with van der Waals surface area (Å²) in [5, 5.41) is 8.39. The third-order valence-corrected chi connectivity index (χ3v) is 3.25. The first-order chi connectivity index (χ1) is 7.75. The lowest BCUT2D eigenvalue weighted by atomic mass is 10.4. The first-order valence-corrected chi connectivity index (χ1v) is 6.04. The second-order valence-corrected chi connectivity index (χ2v) is 4.89. The summed E-state index contributed by atoms with van der Waals surface area (Å²) in [7, 11) is -2.53. The maximum atomic E-state index is 11.4. The van der Waals surface area contributed by atoms with E-state index in [9.17, 15) is 18.0 Å². The van der Waals surface area contributed by atoms with Gasteiger partial charge in [0.05, 0.1) is 6.42 Å². The van der Waals surface area contributed by atoms with Gasteiger partial charge in [0.2, 0.25) is 0 Å². The fraction of sp³-hybridized carbons (Fsp3) is 0.714. The van der Waals surface area contributed by atoms with Crippen molar-refractivity contribution in [3.05, 3.63) is 0 Å². The number of nitrogens with one attached hydrogen (secondary N) is 1. The Morgan fingerprint density at radius 1 is 1.47 bits per heavy atom. The summed E-state index contributed by atoms with van der Waals surface area (Å²) in [6.07, 6.45) is -1.29. The Labute approximate surface area is 98.7 Å². The molecule has 0 unspecified atom stereocenters. The average Bonchev–Trinajstić information content (AvgIpc) is 2.20. The molecule has 100 valence electrons. The average molecular weight is 269 g/mol. The number of carboxylic acids is 1. The topological polar surface area (TPSA) is 139 Å². The van der Waals surface area contributed by atoms with Crippen LogP contribution in [0.4, 0.5) is 4.79 Å². The molecule has 9 nitrogen and oxygen atoms in total. The van der Waals surface area contributed by atoms with Crippen molar-refractivity contribution in [2.45, 2.75) is 6.42 Å². The Bertz CT molecular complexity index is 368. The molecule has 10 heteroatoms. The number of carboxylic acid groups (broad SMARTS) is 1. The monoisotopic (exact) mass is 269 g/mol. The molecule has 17 heavy (non-hydrogen) atoms. The number of ether oxygens (including phenoxy) is 1. The van der Waals surface area contributed by atoms with Crippen LogP contribution in [0, 0.1) is 0 Å². The van der Waals surface area contributed by atoms with Crippen molar-refractivity contribution in [1.29, 1.82) is 0 Å². The van der Waals surface area contributed by atoms with Crippen molar-refractivity contribution in [1.82, 2.24) is 9.03 Å². The van der Waals surface area contributed by atoms with E-state index in [4.69, 9.17) is 5.11 Å². The van der Waals surface area contributed by atoms with Crippen LogP contribution < -0.4 is 10.5 Å². The number of hydrogen-bond acceptors (Lipinski definition) is 5. The fourth-order valence-electron chi connectivity index (χ4n) is 0.806. The third kappa shape index (κ3) is 7.49. The molecule has 0 aliphatic rings. The molecule has 0 heterocycles. The van der Waals surface area contributed by atoms with Crippen LogP contribution in [0.1, 0.15) is 6.42 Å². The molecule has 0 spiro atoms. The van der Waals surface area contributed by atoms with Gasteiger partial charge in [-0.25, -0.2) is 4.79 Å². The van der Waals surface area contributed by atoms with Crippen molar-refractivity contribution in [2.24, 2.45) is 5.73 Å². The van der Waals surface area contributed by atoms with Gasteiger partial charge in [-0.05, 0) is 0 Å². The molecular weight excluding hydrogens is 254 g/mol. The standard InChI is InChI=1S/C7H15N3O6S/c1-10(4-2-6(11)12)17(14,15)9-3-5-16-7(8)13/h9H,2-5H2,1H3,(H2,8,13)(H,11,12). The lowest BCUT2D eigenvalue weighted by Crippen LogP contribution is -2.40. The lowest BCUT2D eigenvalue weighted by molar-refractivity contribution is -0.137. The minimum absolute atomic E-state index is 0.136. The molecule has 0 bridgehead atoms. The summed E-state index contributed by atoms with van der Waals surface area (Å²) >= 11 is 0. The normalized spacial score (nSPS) is 11.4. The van der Waals surface area contributed by atoms with Gasteiger partial charge in [0.1, 0.15) is 6.61 Å². The Balaban J connectivity index is 4.01. The van der Waals surface area contributed by atoms with E-state index in [1.807, 2.05) is 0 Å². The molecule has 0 aromatic heterocycles. The molecule has 4 N–H and O–H groups in total. The molecule has 0 radical (unpaired) electrons. The number of amides is 1. The summed E-state index contributed by atoms with van der Waals surface area (Å²) in [6.45, 7) is -0.481. The zero-order valence-corrected chi connectivity index (χ0v) is 10.1. The van der Waals surface area contributed by atoms with Crippen molar-refractivity contribution in [3.63, 3.8) is 0 Å². The van der Waals surface area contributed by atoms with E-state index in [-0.39, 0.29) is 26.1 Å². The highest BCUT2D eigenvalue weighted by Gasteiger charge is 2.17. The highest BCUT2D eigenvalue weighted by molar-refractivity contribution is 7.87. The molecule has 0 aromatic carbocycles. The molecule has 0 fully saturated rings. The van der Waals surface area contributed by atoms with Crippen LogP contribution >= 0.6 is 0 Å². The van der Waals surface area contributed by atoms with Gasteiger partial charge in [-0.3, -0.25) is 4.79 Å². The van der Waals surface area contributed by atoms with E-state index in [1.54, 1.807) is 0 Å². The Hall–Kier alpha value is -1.39. The number of primary amides is 1. The van der Waals surface area contributed by atoms with Crippen LogP contribution in [0.25, 0.3) is 0 Å². The van der Waals surface area contributed by atoms with Crippen molar-refractivity contribution in [2.75, 3.05) is 26.7 Å². The van der Waals surface area contributed by atoms with Crippen LogP contribution in [0.5, 0.6) is 0 Å². The van der Waals surface area contributed by atoms with Gasteiger partial charge in [-0.2, -0.15) is 17.4 Å². The predicted molar refractivity (Wildman–Crippen MR) is 57.3 cm³/mol. The Morgan fingerprint density at radius 3 is 2.53 bits per heavy atom. The number of carbonyl (C=O) groups excluding carboxylic acids is 1. The van der Waals surface area contributed by atoms with E-state index in [1.165, 1.54) is 7.05 Å². The highest BCUT2D eigenvalue weighted by Crippen LogP contribution is 1.95. The van der Waals surface area contributed by atoms with E-state index >= 15 is 0 Å². The van der Waals surface area contributed by atoms with Gasteiger partial charge in [-0.1, -0.05) is 0 Å². The quantitative estimate of drug-likeness (QED) is 0.450. The SMILES string of the molecule is CN(CCC(=O)O)S(=O)(=O)NCCOC(N)=O. The van der Waals surface area contributed by atoms with E-state index in [0.29, 0.717) is 0 Å². The number of hydrogen-bond donors (Lipinski definition) is 3. The molecule has 0 saturated heterocycles. The molecule has 0 atom stereocenters. The zero-order valence-electron chi connectivity index (χ0n) is 9.25. The highest BCUT2D eigenvalue weighted by atomic mass is 32.2. The van der Waals surface area contributed by atoms with Crippen molar-refractivity contribution in [3.8, 4) is 0 Å². The van der Waals surface area contributed by atoms with Gasteiger partial charge in [0.15, 0.2) is 0 Å². The molecular formula is C7H15N3O6S. The van der Waals surface area contributed by atoms with Crippen LogP contribution in [-0.2, 0) is 19.7 Å². The van der Waals surface area contributed by atoms with Crippen LogP contribution in [-0.4, -0.2) is 56.6 Å². The second-order valence-electron chi connectivity index (χ2n) is 3.03. The first-order valence-electron chi connectivity index (χ1n) is 4.60. The molecule has 0 aromatic rings. The van der Waals surface area contributed by atoms with Crippen LogP contribution in [0.15, 0.2) is 0 Å². The van der Waals surface area contributed by atoms with Gasteiger partial charge >= 0.3 is 12.1 Å². The van der Waals surface area contributed by atoms with Crippen LogP contribution in [0.3, 0.4) is 0 Å². The summed E-state index contributed by atoms with van der Waals surface area (Å²) in [4.78, 5) is 20.4. The van der Waals surface area contributed by atoms with Crippen molar-refractivity contribution >= 4 is 22.3 Å². The number of carbonyl (C=O) groups is 2. The maximum absolute atomic E-state index is 11.4. The van der Waals surface area contributed by atoms with E-state index in [2.05, 4.69) is 15.2 Å². The zero-order chi connectivity index (χ0) is 13.5. The van der Waals surface area contributed by atoms with Gasteiger partial charge in [0, 0.05) is 20.1 Å². The first kappa shape index (κ1) is 15.6. The number of rotatable bonds is 8. The maximum Gasteiger partial charge on any atom is 0.404 e. The summed E-state index contributed by atoms with van der Waals surface area (Å²) in [5.74, 6) is -1.09. The lowest BCUT2D eigenvalue weighted by Gasteiger charge is -2.16. The number of aliphatic carboxylic acids is 1. The third-order valence-electron chi connectivity index (χ3n) is 1.68. The number of nitrogens with zero attached hydrogens (tertiary/aromatic N) is 1. The Kier molecular flexibility index (Phi) is 6.46. The predicted octanol–water partition coefficient (Wildman–Crippen LogP) is -1.68. The van der Waals surface area contributed by atoms with Gasteiger partial charge in [-0.15, -0.1) is 0 Å². The Morgan fingerprint density at radius 2 is 2.06 bits per heavy atom. The molecule has 0 aliphatic carbocycles. The molecule has 1 amide bonds. The summed E-state index contributed by atoms with van der Waals surface area (Å²) < 4.78 is 30.2. The minimum Gasteiger partial charge on any atom is -0.481 e. The molecule has 0 aliphatic heterocycles. The fourth-order valence-corrected chi connectivity index (χ4v) is 1.70. The number of nitrogens with two attached hydrogens (primary N) is 1. The second kappa shape index (κ2) is 7.04. The largest absolute Gasteiger partial charge is 0.481 e.